The van der Waals surface area contributed by atoms with Gasteiger partial charge in [0.25, 0.3) is 0 Å². The molecule has 0 bridgehead atoms. The number of aliphatic imine (C=N–C) groups is 1. The normalized spacial score (nSPS) is 19.8. The molecule has 1 atom stereocenters. The summed E-state index contributed by atoms with van der Waals surface area (Å²) in [5.41, 5.74) is 0. The van der Waals surface area contributed by atoms with Crippen molar-refractivity contribution in [1.29, 1.82) is 0 Å². The van der Waals surface area contributed by atoms with E-state index in [-0.39, 0.29) is 24.0 Å². The second-order valence-electron chi connectivity index (χ2n) is 8.16. The van der Waals surface area contributed by atoms with Crippen molar-refractivity contribution in [3.05, 3.63) is 11.6 Å². The average molecular weight is 534 g/mol. The minimum absolute atomic E-state index is 0. The average Bonchev–Trinajstić information content (AvgIpc) is 3.13. The number of methoxy groups -OCH3 is 1. The molecule has 1 saturated heterocycles. The Balaban J connectivity index is 0.00000320. The number of hydrogen-bond acceptors (Lipinski definition) is 5. The third-order valence-electron chi connectivity index (χ3n) is 5.71. The Morgan fingerprint density at radius 2 is 2.03 bits per heavy atom. The van der Waals surface area contributed by atoms with Gasteiger partial charge in [-0.25, -0.2) is 9.67 Å². The summed E-state index contributed by atoms with van der Waals surface area (Å²) in [4.78, 5) is 12.0. The van der Waals surface area contributed by atoms with E-state index in [2.05, 4.69) is 32.5 Å². The molecule has 9 heteroatoms. The molecule has 1 unspecified atom stereocenters. The molecule has 172 valence electrons. The number of rotatable bonds is 10. The van der Waals surface area contributed by atoms with Crippen molar-refractivity contribution in [3.8, 4) is 0 Å². The molecular weight excluding hydrogens is 493 g/mol. The van der Waals surface area contributed by atoms with Crippen molar-refractivity contribution in [1.82, 2.24) is 30.3 Å². The van der Waals surface area contributed by atoms with E-state index in [0.717, 1.165) is 56.5 Å². The highest BCUT2D eigenvalue weighted by molar-refractivity contribution is 14.0. The molecular formula is C21H40IN7O. The Hall–Kier alpha value is -0.940. The van der Waals surface area contributed by atoms with Gasteiger partial charge in [0.15, 0.2) is 11.8 Å². The molecule has 3 rings (SSSR count). The number of ether oxygens (including phenoxy) is 1. The molecule has 2 N–H and O–H groups in total. The zero-order chi connectivity index (χ0) is 20.3. The van der Waals surface area contributed by atoms with Crippen LogP contribution in [0.5, 0.6) is 0 Å². The third kappa shape index (κ3) is 8.30. The summed E-state index contributed by atoms with van der Waals surface area (Å²) in [7, 11) is 1.68. The lowest BCUT2D eigenvalue weighted by Gasteiger charge is -2.26. The summed E-state index contributed by atoms with van der Waals surface area (Å²) in [6.07, 6.45) is 9.87. The van der Waals surface area contributed by atoms with Crippen LogP contribution in [0.1, 0.15) is 63.5 Å². The first-order valence-electron chi connectivity index (χ1n) is 11.5. The van der Waals surface area contributed by atoms with E-state index in [0.29, 0.717) is 12.6 Å². The number of unbranched alkanes of at least 4 members (excludes halogenated alkanes) is 2. The molecule has 1 aromatic heterocycles. The van der Waals surface area contributed by atoms with Crippen molar-refractivity contribution < 1.29 is 4.74 Å². The van der Waals surface area contributed by atoms with Crippen LogP contribution in [0.2, 0.25) is 0 Å². The number of halogens is 1. The zero-order valence-electron chi connectivity index (χ0n) is 18.7. The molecule has 0 aliphatic carbocycles. The van der Waals surface area contributed by atoms with E-state index >= 15 is 0 Å². The fourth-order valence-corrected chi connectivity index (χ4v) is 4.18. The summed E-state index contributed by atoms with van der Waals surface area (Å²) in [5.74, 6) is 2.76. The first-order valence-corrected chi connectivity index (χ1v) is 11.5. The lowest BCUT2D eigenvalue weighted by Crippen LogP contribution is -2.47. The number of hydrogen-bond donors (Lipinski definition) is 2. The molecule has 0 radical (unpaired) electrons. The van der Waals surface area contributed by atoms with Crippen LogP contribution in [-0.4, -0.2) is 71.5 Å². The zero-order valence-corrected chi connectivity index (χ0v) is 21.1. The number of guanidine groups is 1. The third-order valence-corrected chi connectivity index (χ3v) is 5.71. The van der Waals surface area contributed by atoms with Crippen molar-refractivity contribution in [3.63, 3.8) is 0 Å². The molecule has 0 spiro atoms. The summed E-state index contributed by atoms with van der Waals surface area (Å²) >= 11 is 0. The largest absolute Gasteiger partial charge is 0.377 e. The van der Waals surface area contributed by atoms with Gasteiger partial charge < -0.3 is 20.3 Å². The SMILES string of the molecule is CCNC(=NCCCCCN1CCCCC1)NC1CCc2nc(COC)nn2C1.I. The summed E-state index contributed by atoms with van der Waals surface area (Å²) < 4.78 is 7.16. The summed E-state index contributed by atoms with van der Waals surface area (Å²) in [6.45, 7) is 9.03. The number of aromatic nitrogens is 3. The highest BCUT2D eigenvalue weighted by atomic mass is 127. The van der Waals surface area contributed by atoms with Crippen molar-refractivity contribution >= 4 is 29.9 Å². The first-order chi connectivity index (χ1) is 14.3. The van der Waals surface area contributed by atoms with Gasteiger partial charge in [-0.15, -0.1) is 24.0 Å². The number of aryl methyl sites for hydroxylation is 1. The smallest absolute Gasteiger partial charge is 0.191 e. The van der Waals surface area contributed by atoms with E-state index in [1.54, 1.807) is 7.11 Å². The van der Waals surface area contributed by atoms with Gasteiger partial charge in [0.05, 0.1) is 6.54 Å². The van der Waals surface area contributed by atoms with E-state index in [9.17, 15) is 0 Å². The lowest BCUT2D eigenvalue weighted by molar-refractivity contribution is 0.177. The molecule has 3 heterocycles. The van der Waals surface area contributed by atoms with Gasteiger partial charge in [-0.3, -0.25) is 4.99 Å². The number of nitrogens with one attached hydrogen (secondary N) is 2. The van der Waals surface area contributed by atoms with Crippen LogP contribution < -0.4 is 10.6 Å². The molecule has 2 aliphatic heterocycles. The van der Waals surface area contributed by atoms with Crippen LogP contribution in [0, 0.1) is 0 Å². The molecule has 30 heavy (non-hydrogen) atoms. The summed E-state index contributed by atoms with van der Waals surface area (Å²) in [5, 5.41) is 11.5. The Morgan fingerprint density at radius 3 is 2.80 bits per heavy atom. The molecule has 8 nitrogen and oxygen atoms in total. The number of likely N-dealkylation sites (tertiary alicyclic amines) is 1. The van der Waals surface area contributed by atoms with Crippen LogP contribution in [0.15, 0.2) is 4.99 Å². The Morgan fingerprint density at radius 1 is 1.20 bits per heavy atom. The lowest BCUT2D eigenvalue weighted by atomic mass is 10.1. The number of fused-ring (bicyclic) bond motifs is 1. The van der Waals surface area contributed by atoms with Crippen LogP contribution in [-0.2, 0) is 24.3 Å². The van der Waals surface area contributed by atoms with Crippen LogP contribution in [0.4, 0.5) is 0 Å². The summed E-state index contributed by atoms with van der Waals surface area (Å²) in [6, 6.07) is 0.330. The molecule has 2 aliphatic rings. The molecule has 1 fully saturated rings. The minimum atomic E-state index is 0. The predicted octanol–water partition coefficient (Wildman–Crippen LogP) is 2.57. The van der Waals surface area contributed by atoms with Gasteiger partial charge in [-0.05, 0) is 58.7 Å². The van der Waals surface area contributed by atoms with E-state index in [1.165, 1.54) is 51.7 Å². The van der Waals surface area contributed by atoms with Crippen molar-refractivity contribution in [2.45, 2.75) is 77.5 Å². The topological polar surface area (TPSA) is 79.6 Å². The van der Waals surface area contributed by atoms with Gasteiger partial charge in [-0.1, -0.05) is 12.8 Å². The standard InChI is InChI=1S/C21H39N7O.HI/c1-3-22-21(23-12-6-4-7-13-27-14-8-5-9-15-27)24-18-10-11-20-25-19(17-29-2)26-28(20)16-18;/h18H,3-17H2,1-2H3,(H2,22,23,24);1H. The van der Waals surface area contributed by atoms with Gasteiger partial charge in [0.2, 0.25) is 0 Å². The van der Waals surface area contributed by atoms with Gasteiger partial charge >= 0.3 is 0 Å². The minimum Gasteiger partial charge on any atom is -0.377 e. The van der Waals surface area contributed by atoms with Gasteiger partial charge in [-0.2, -0.15) is 5.10 Å². The fraction of sp³-hybridized carbons (Fsp3) is 0.857. The Bertz CT molecular complexity index is 631. The molecule has 1 aromatic rings. The van der Waals surface area contributed by atoms with E-state index < -0.39 is 0 Å². The highest BCUT2D eigenvalue weighted by Gasteiger charge is 2.22. The first kappa shape index (κ1) is 25.3. The maximum atomic E-state index is 5.15. The van der Waals surface area contributed by atoms with Crippen LogP contribution >= 0.6 is 24.0 Å². The second-order valence-corrected chi connectivity index (χ2v) is 8.16. The second kappa shape index (κ2) is 14.2. The van der Waals surface area contributed by atoms with Gasteiger partial charge in [0, 0.05) is 32.7 Å². The number of nitrogens with zero attached hydrogens (tertiary/aromatic N) is 5. The van der Waals surface area contributed by atoms with Gasteiger partial charge in [0.1, 0.15) is 12.4 Å². The van der Waals surface area contributed by atoms with Crippen LogP contribution in [0.25, 0.3) is 0 Å². The molecule has 0 amide bonds. The Labute approximate surface area is 198 Å². The Kier molecular flexibility index (Phi) is 12.0. The van der Waals surface area contributed by atoms with Crippen LogP contribution in [0.3, 0.4) is 0 Å². The van der Waals surface area contributed by atoms with E-state index in [4.69, 9.17) is 9.73 Å². The predicted molar refractivity (Wildman–Crippen MR) is 132 cm³/mol. The molecule has 0 saturated carbocycles. The fourth-order valence-electron chi connectivity index (χ4n) is 4.18. The number of piperidine rings is 1. The molecule has 0 aromatic carbocycles. The van der Waals surface area contributed by atoms with Crippen molar-refractivity contribution in [2.24, 2.45) is 4.99 Å². The monoisotopic (exact) mass is 533 g/mol. The maximum absolute atomic E-state index is 5.15. The van der Waals surface area contributed by atoms with Crippen molar-refractivity contribution in [2.75, 3.05) is 39.8 Å². The van der Waals surface area contributed by atoms with E-state index in [1.807, 2.05) is 4.68 Å². The highest BCUT2D eigenvalue weighted by Crippen LogP contribution is 2.13. The quantitative estimate of drug-likeness (QED) is 0.208. The maximum Gasteiger partial charge on any atom is 0.191 e.